The van der Waals surface area contributed by atoms with Gasteiger partial charge in [-0.3, -0.25) is 9.48 Å². The number of hydrogen-bond acceptors (Lipinski definition) is 4. The smallest absolute Gasteiger partial charge is 0.220 e. The Labute approximate surface area is 119 Å². The van der Waals surface area contributed by atoms with E-state index in [0.717, 1.165) is 23.2 Å². The molecule has 20 heavy (non-hydrogen) atoms. The number of aromatic nitrogens is 2. The van der Waals surface area contributed by atoms with Crippen LogP contribution in [-0.2, 0) is 28.3 Å². The zero-order valence-electron chi connectivity index (χ0n) is 12.4. The Kier molecular flexibility index (Phi) is 5.70. The highest BCUT2D eigenvalue weighted by molar-refractivity contribution is 7.88. The lowest BCUT2D eigenvalue weighted by molar-refractivity contribution is -0.121. The molecule has 0 aliphatic rings. The Hall–Kier alpha value is -1.41. The normalized spacial score (nSPS) is 11.6. The number of aryl methyl sites for hydroxylation is 2. The van der Waals surface area contributed by atoms with Crippen LogP contribution >= 0.6 is 0 Å². The predicted octanol–water partition coefficient (Wildman–Crippen LogP) is -0.365. The fourth-order valence-corrected chi connectivity index (χ4v) is 2.42. The monoisotopic (exact) mass is 302 g/mol. The quantitative estimate of drug-likeness (QED) is 0.672. The lowest BCUT2D eigenvalue weighted by Crippen LogP contribution is -2.34. The summed E-state index contributed by atoms with van der Waals surface area (Å²) in [6, 6.07) is 0. The molecule has 2 N–H and O–H groups in total. The second-order valence-corrected chi connectivity index (χ2v) is 6.62. The van der Waals surface area contributed by atoms with E-state index in [1.807, 2.05) is 20.9 Å². The topological polar surface area (TPSA) is 93.1 Å². The summed E-state index contributed by atoms with van der Waals surface area (Å²) in [5.74, 6) is -0.0945. The molecule has 0 saturated carbocycles. The van der Waals surface area contributed by atoms with Gasteiger partial charge in [-0.25, -0.2) is 13.1 Å². The number of carbonyl (C=O) groups excluding carboxylic acids is 1. The molecule has 0 fully saturated rings. The number of sulfonamides is 1. The van der Waals surface area contributed by atoms with Crippen molar-refractivity contribution in [3.05, 3.63) is 17.0 Å². The minimum absolute atomic E-state index is 0.0945. The van der Waals surface area contributed by atoms with Gasteiger partial charge in [0.15, 0.2) is 0 Å². The van der Waals surface area contributed by atoms with E-state index in [9.17, 15) is 13.2 Å². The summed E-state index contributed by atoms with van der Waals surface area (Å²) in [6.45, 7) is 4.39. The molecular weight excluding hydrogens is 280 g/mol. The van der Waals surface area contributed by atoms with Crippen molar-refractivity contribution in [2.24, 2.45) is 7.05 Å². The zero-order valence-corrected chi connectivity index (χ0v) is 13.2. The van der Waals surface area contributed by atoms with Crippen molar-refractivity contribution in [3.63, 3.8) is 0 Å². The number of carbonyl (C=O) groups is 1. The first-order valence-corrected chi connectivity index (χ1v) is 8.30. The third-order valence-electron chi connectivity index (χ3n) is 3.07. The van der Waals surface area contributed by atoms with Gasteiger partial charge in [-0.15, -0.1) is 0 Å². The molecule has 1 rings (SSSR count). The van der Waals surface area contributed by atoms with Gasteiger partial charge in [0.05, 0.1) is 11.9 Å². The van der Waals surface area contributed by atoms with Crippen LogP contribution < -0.4 is 10.0 Å². The van der Waals surface area contributed by atoms with Gasteiger partial charge in [-0.05, 0) is 25.8 Å². The molecule has 0 bridgehead atoms. The van der Waals surface area contributed by atoms with Gasteiger partial charge in [-0.1, -0.05) is 0 Å². The molecule has 0 spiro atoms. The summed E-state index contributed by atoms with van der Waals surface area (Å²) in [5.41, 5.74) is 3.10. The Morgan fingerprint density at radius 1 is 1.30 bits per heavy atom. The molecule has 0 saturated heterocycles. The standard InChI is InChI=1S/C12H22N4O3S/c1-9-11(10(2)16(3)15-9)5-6-12(17)13-7-8-14-20(4,18)19/h14H,5-8H2,1-4H3,(H,13,17). The van der Waals surface area contributed by atoms with Crippen LogP contribution in [0.3, 0.4) is 0 Å². The molecule has 7 nitrogen and oxygen atoms in total. The summed E-state index contributed by atoms with van der Waals surface area (Å²) in [4.78, 5) is 11.7. The number of hydrogen-bond donors (Lipinski definition) is 2. The number of nitrogens with one attached hydrogen (secondary N) is 2. The molecule has 1 aromatic rings. The highest BCUT2D eigenvalue weighted by Gasteiger charge is 2.11. The SMILES string of the molecule is Cc1nn(C)c(C)c1CCC(=O)NCCNS(C)(=O)=O. The van der Waals surface area contributed by atoms with E-state index in [1.54, 1.807) is 4.68 Å². The summed E-state index contributed by atoms with van der Waals surface area (Å²) in [6.07, 6.45) is 2.09. The van der Waals surface area contributed by atoms with Gasteiger partial charge in [0.1, 0.15) is 0 Å². The van der Waals surface area contributed by atoms with E-state index in [2.05, 4.69) is 15.1 Å². The highest BCUT2D eigenvalue weighted by atomic mass is 32.2. The van der Waals surface area contributed by atoms with Gasteiger partial charge in [-0.2, -0.15) is 5.10 Å². The van der Waals surface area contributed by atoms with E-state index in [-0.39, 0.29) is 19.0 Å². The second kappa shape index (κ2) is 6.85. The molecule has 1 amide bonds. The van der Waals surface area contributed by atoms with Crippen LogP contribution in [0.25, 0.3) is 0 Å². The Balaban J connectivity index is 2.33. The summed E-state index contributed by atoms with van der Waals surface area (Å²) in [5, 5.41) is 6.98. The van der Waals surface area contributed by atoms with Gasteiger partial charge in [0.2, 0.25) is 15.9 Å². The average molecular weight is 302 g/mol. The minimum atomic E-state index is -3.20. The van der Waals surface area contributed by atoms with Gasteiger partial charge >= 0.3 is 0 Å². The maximum atomic E-state index is 11.7. The Morgan fingerprint density at radius 2 is 1.95 bits per heavy atom. The lowest BCUT2D eigenvalue weighted by Gasteiger charge is -2.06. The molecule has 1 heterocycles. The Bertz CT molecular complexity index is 578. The number of nitrogens with zero attached hydrogens (tertiary/aromatic N) is 2. The van der Waals surface area contributed by atoms with Crippen LogP contribution in [0, 0.1) is 13.8 Å². The molecular formula is C12H22N4O3S. The minimum Gasteiger partial charge on any atom is -0.355 e. The summed E-state index contributed by atoms with van der Waals surface area (Å²) >= 11 is 0. The molecule has 0 unspecified atom stereocenters. The Morgan fingerprint density at radius 3 is 2.45 bits per heavy atom. The third-order valence-corrected chi connectivity index (χ3v) is 3.80. The first-order chi connectivity index (χ1) is 9.20. The molecule has 1 aromatic heterocycles. The summed E-state index contributed by atoms with van der Waals surface area (Å²) < 4.78 is 25.8. The van der Waals surface area contributed by atoms with Crippen molar-refractivity contribution in [1.82, 2.24) is 19.8 Å². The fourth-order valence-electron chi connectivity index (χ4n) is 1.94. The highest BCUT2D eigenvalue weighted by Crippen LogP contribution is 2.13. The van der Waals surface area contributed by atoms with E-state index in [0.29, 0.717) is 12.8 Å². The van der Waals surface area contributed by atoms with Crippen molar-refractivity contribution in [2.45, 2.75) is 26.7 Å². The number of amides is 1. The fraction of sp³-hybridized carbons (Fsp3) is 0.667. The molecule has 114 valence electrons. The van der Waals surface area contributed by atoms with Crippen molar-refractivity contribution in [3.8, 4) is 0 Å². The average Bonchev–Trinajstić information content (AvgIpc) is 2.56. The molecule has 0 aliphatic carbocycles. The van der Waals surface area contributed by atoms with Crippen LogP contribution in [0.5, 0.6) is 0 Å². The van der Waals surface area contributed by atoms with Crippen LogP contribution in [-0.4, -0.2) is 43.5 Å². The van der Waals surface area contributed by atoms with Crippen LogP contribution in [0.2, 0.25) is 0 Å². The number of rotatable bonds is 7. The van der Waals surface area contributed by atoms with Gasteiger partial charge in [0, 0.05) is 32.3 Å². The van der Waals surface area contributed by atoms with Crippen molar-refractivity contribution in [2.75, 3.05) is 19.3 Å². The maximum Gasteiger partial charge on any atom is 0.220 e. The largest absolute Gasteiger partial charge is 0.355 e. The summed E-state index contributed by atoms with van der Waals surface area (Å²) in [7, 11) is -1.32. The van der Waals surface area contributed by atoms with E-state index >= 15 is 0 Å². The third kappa shape index (κ3) is 5.30. The first-order valence-electron chi connectivity index (χ1n) is 6.41. The van der Waals surface area contributed by atoms with Crippen molar-refractivity contribution < 1.29 is 13.2 Å². The van der Waals surface area contributed by atoms with E-state index < -0.39 is 10.0 Å². The maximum absolute atomic E-state index is 11.7. The van der Waals surface area contributed by atoms with Gasteiger partial charge < -0.3 is 5.32 Å². The van der Waals surface area contributed by atoms with Crippen LogP contribution in [0.1, 0.15) is 23.4 Å². The molecule has 0 aliphatic heterocycles. The van der Waals surface area contributed by atoms with E-state index in [4.69, 9.17) is 0 Å². The molecule has 0 radical (unpaired) electrons. The van der Waals surface area contributed by atoms with E-state index in [1.165, 1.54) is 0 Å². The lowest BCUT2D eigenvalue weighted by atomic mass is 10.1. The van der Waals surface area contributed by atoms with Gasteiger partial charge in [0.25, 0.3) is 0 Å². The zero-order chi connectivity index (χ0) is 15.3. The predicted molar refractivity (Wildman–Crippen MR) is 76.9 cm³/mol. The second-order valence-electron chi connectivity index (χ2n) is 4.79. The van der Waals surface area contributed by atoms with Crippen LogP contribution in [0.4, 0.5) is 0 Å². The first kappa shape index (κ1) is 16.6. The van der Waals surface area contributed by atoms with Crippen molar-refractivity contribution in [1.29, 1.82) is 0 Å². The van der Waals surface area contributed by atoms with Crippen LogP contribution in [0.15, 0.2) is 0 Å². The molecule has 0 aromatic carbocycles. The van der Waals surface area contributed by atoms with Crippen molar-refractivity contribution >= 4 is 15.9 Å². The molecule has 8 heteroatoms. The molecule has 0 atom stereocenters.